The summed E-state index contributed by atoms with van der Waals surface area (Å²) in [5, 5.41) is 9.42. The molecule has 0 saturated carbocycles. The SMILES string of the molecule is CCO[Si](CCCNC(=O)CCCC[C@@H]1SC[C@@H]2NC(=O)N[C@@H]21)(OCC)OCC. The van der Waals surface area contributed by atoms with Crippen molar-refractivity contribution in [3.8, 4) is 0 Å². The highest BCUT2D eigenvalue weighted by Gasteiger charge is 2.42. The van der Waals surface area contributed by atoms with Gasteiger partial charge in [0.05, 0.1) is 12.1 Å². The van der Waals surface area contributed by atoms with Gasteiger partial charge in [-0.05, 0) is 40.0 Å². The number of carbonyl (C=O) groups excluding carboxylic acids is 2. The highest BCUT2D eigenvalue weighted by atomic mass is 32.2. The summed E-state index contributed by atoms with van der Waals surface area (Å²) in [5.74, 6) is 1.07. The fourth-order valence-electron chi connectivity index (χ4n) is 3.90. The minimum atomic E-state index is -2.62. The molecule has 168 valence electrons. The summed E-state index contributed by atoms with van der Waals surface area (Å²) in [6, 6.07) is 1.17. The van der Waals surface area contributed by atoms with Gasteiger partial charge >= 0.3 is 14.8 Å². The van der Waals surface area contributed by atoms with Gasteiger partial charge in [0.2, 0.25) is 5.91 Å². The third kappa shape index (κ3) is 7.75. The maximum atomic E-state index is 12.1. The van der Waals surface area contributed by atoms with E-state index in [9.17, 15) is 9.59 Å². The van der Waals surface area contributed by atoms with Gasteiger partial charge < -0.3 is 29.2 Å². The Morgan fingerprint density at radius 2 is 1.79 bits per heavy atom. The number of hydrogen-bond donors (Lipinski definition) is 3. The normalized spacial score (nSPS) is 23.6. The minimum absolute atomic E-state index is 0.0465. The number of unbranched alkanes of at least 4 members (excludes halogenated alkanes) is 1. The second-order valence-corrected chi connectivity index (χ2v) is 11.3. The molecule has 0 aromatic rings. The zero-order valence-electron chi connectivity index (χ0n) is 18.0. The van der Waals surface area contributed by atoms with Gasteiger partial charge in [-0.3, -0.25) is 4.79 Å². The second-order valence-electron chi connectivity index (χ2n) is 7.30. The Morgan fingerprint density at radius 1 is 1.10 bits per heavy atom. The summed E-state index contributed by atoms with van der Waals surface area (Å²) in [4.78, 5) is 23.5. The average Bonchev–Trinajstić information content (AvgIpc) is 3.22. The number of nitrogens with one attached hydrogen (secondary N) is 3. The Kier molecular flexibility index (Phi) is 10.8. The van der Waals surface area contributed by atoms with Crippen LogP contribution in [0.1, 0.15) is 52.9 Å². The highest BCUT2D eigenvalue weighted by molar-refractivity contribution is 8.00. The smallest absolute Gasteiger partial charge is 0.374 e. The average molecular weight is 448 g/mol. The molecule has 0 aromatic carbocycles. The van der Waals surface area contributed by atoms with E-state index in [2.05, 4.69) is 16.0 Å². The summed E-state index contributed by atoms with van der Waals surface area (Å²) >= 11 is 1.92. The first kappa shape index (κ1) is 24.5. The van der Waals surface area contributed by atoms with Gasteiger partial charge in [-0.1, -0.05) is 6.42 Å². The largest absolute Gasteiger partial charge is 0.500 e. The Hall–Kier alpha value is -0.813. The molecule has 3 atom stereocenters. The van der Waals surface area contributed by atoms with Crippen LogP contribution in [0.3, 0.4) is 0 Å². The predicted molar refractivity (Wildman–Crippen MR) is 117 cm³/mol. The Labute approximate surface area is 179 Å². The number of fused-ring (bicyclic) bond motifs is 1. The van der Waals surface area contributed by atoms with Crippen LogP contribution < -0.4 is 16.0 Å². The topological polar surface area (TPSA) is 97.9 Å². The van der Waals surface area contributed by atoms with Crippen LogP contribution >= 0.6 is 11.8 Å². The van der Waals surface area contributed by atoms with E-state index in [1.807, 2.05) is 32.5 Å². The van der Waals surface area contributed by atoms with Crippen LogP contribution in [0.2, 0.25) is 6.04 Å². The zero-order chi connectivity index (χ0) is 21.1. The summed E-state index contributed by atoms with van der Waals surface area (Å²) in [6.45, 7) is 8.16. The van der Waals surface area contributed by atoms with Crippen molar-refractivity contribution in [2.75, 3.05) is 32.1 Å². The third-order valence-electron chi connectivity index (χ3n) is 5.16. The first-order chi connectivity index (χ1) is 14.0. The lowest BCUT2D eigenvalue weighted by molar-refractivity contribution is -0.121. The predicted octanol–water partition coefficient (Wildman–Crippen LogP) is 2.27. The summed E-state index contributed by atoms with van der Waals surface area (Å²) in [5.41, 5.74) is 0. The quantitative estimate of drug-likeness (QED) is 0.202. The molecule has 10 heteroatoms. The maximum Gasteiger partial charge on any atom is 0.500 e. The van der Waals surface area contributed by atoms with E-state index in [-0.39, 0.29) is 24.0 Å². The third-order valence-corrected chi connectivity index (χ3v) is 9.82. The molecular weight excluding hydrogens is 410 g/mol. The van der Waals surface area contributed by atoms with Crippen LogP contribution in [-0.4, -0.2) is 70.2 Å². The molecule has 2 rings (SSSR count). The number of carbonyl (C=O) groups is 2. The van der Waals surface area contributed by atoms with Crippen LogP contribution in [0.15, 0.2) is 0 Å². The monoisotopic (exact) mass is 447 g/mol. The number of rotatable bonds is 15. The molecule has 2 saturated heterocycles. The van der Waals surface area contributed by atoms with Crippen LogP contribution in [0.4, 0.5) is 4.79 Å². The van der Waals surface area contributed by atoms with Crippen molar-refractivity contribution in [2.24, 2.45) is 0 Å². The maximum absolute atomic E-state index is 12.1. The zero-order valence-corrected chi connectivity index (χ0v) is 19.8. The van der Waals surface area contributed by atoms with Gasteiger partial charge in [0.15, 0.2) is 0 Å². The van der Waals surface area contributed by atoms with Crippen LogP contribution in [0, 0.1) is 0 Å². The molecule has 29 heavy (non-hydrogen) atoms. The molecule has 0 radical (unpaired) electrons. The van der Waals surface area contributed by atoms with E-state index in [4.69, 9.17) is 13.3 Å². The van der Waals surface area contributed by atoms with Crippen molar-refractivity contribution in [3.63, 3.8) is 0 Å². The van der Waals surface area contributed by atoms with E-state index in [1.54, 1.807) is 0 Å². The standard InChI is InChI=1S/C19H37N3O5SSi/c1-4-25-29(26-5-2,27-6-3)13-9-12-20-17(23)11-8-7-10-16-18-15(14-28-16)21-19(24)22-18/h15-16,18H,4-14H2,1-3H3,(H,20,23)(H2,21,22,24)/t15-,16-,18-/m0/s1. The van der Waals surface area contributed by atoms with E-state index in [1.165, 1.54) is 0 Å². The van der Waals surface area contributed by atoms with Gasteiger partial charge in [0.1, 0.15) is 0 Å². The molecule has 0 aromatic heterocycles. The van der Waals surface area contributed by atoms with E-state index in [0.29, 0.717) is 44.1 Å². The van der Waals surface area contributed by atoms with E-state index < -0.39 is 8.80 Å². The van der Waals surface area contributed by atoms with Crippen molar-refractivity contribution in [1.82, 2.24) is 16.0 Å². The molecule has 0 spiro atoms. The summed E-state index contributed by atoms with van der Waals surface area (Å²) in [6.07, 6.45) is 4.23. The molecule has 2 heterocycles. The summed E-state index contributed by atoms with van der Waals surface area (Å²) in [7, 11) is -2.62. The molecular formula is C19H37N3O5SSi. The molecule has 2 aliphatic heterocycles. The first-order valence-electron chi connectivity index (χ1n) is 10.9. The molecule has 2 aliphatic rings. The van der Waals surface area contributed by atoms with Gasteiger partial charge in [-0.25, -0.2) is 4.79 Å². The van der Waals surface area contributed by atoms with Gasteiger partial charge in [0.25, 0.3) is 0 Å². The van der Waals surface area contributed by atoms with Crippen LogP contribution in [-0.2, 0) is 18.1 Å². The molecule has 3 N–H and O–H groups in total. The molecule has 0 unspecified atom stereocenters. The van der Waals surface area contributed by atoms with Crippen molar-refractivity contribution in [2.45, 2.75) is 76.3 Å². The van der Waals surface area contributed by atoms with Gasteiger partial charge in [-0.15, -0.1) is 0 Å². The lowest BCUT2D eigenvalue weighted by atomic mass is 10.0. The number of urea groups is 1. The Bertz CT molecular complexity index is 511. The molecule has 0 aliphatic carbocycles. The van der Waals surface area contributed by atoms with Crippen molar-refractivity contribution in [1.29, 1.82) is 0 Å². The van der Waals surface area contributed by atoms with E-state index >= 15 is 0 Å². The van der Waals surface area contributed by atoms with Crippen LogP contribution in [0.25, 0.3) is 0 Å². The lowest BCUT2D eigenvalue weighted by Crippen LogP contribution is -2.46. The minimum Gasteiger partial charge on any atom is -0.374 e. The Balaban J connectivity index is 1.57. The highest BCUT2D eigenvalue weighted by Crippen LogP contribution is 2.33. The number of thioether (sulfide) groups is 1. The molecule has 8 nitrogen and oxygen atoms in total. The summed E-state index contributed by atoms with van der Waals surface area (Å²) < 4.78 is 17.5. The molecule has 3 amide bonds. The lowest BCUT2D eigenvalue weighted by Gasteiger charge is -2.28. The second kappa shape index (κ2) is 12.8. The first-order valence-corrected chi connectivity index (χ1v) is 13.9. The van der Waals surface area contributed by atoms with E-state index in [0.717, 1.165) is 31.4 Å². The number of hydrogen-bond acceptors (Lipinski definition) is 6. The van der Waals surface area contributed by atoms with Crippen molar-refractivity contribution >= 4 is 32.5 Å². The number of amides is 3. The van der Waals surface area contributed by atoms with Crippen molar-refractivity contribution < 1.29 is 22.9 Å². The molecule has 2 fully saturated rings. The Morgan fingerprint density at radius 3 is 2.45 bits per heavy atom. The fraction of sp³-hybridized carbons (Fsp3) is 0.895. The van der Waals surface area contributed by atoms with Crippen molar-refractivity contribution in [3.05, 3.63) is 0 Å². The van der Waals surface area contributed by atoms with Gasteiger partial charge in [-0.2, -0.15) is 11.8 Å². The van der Waals surface area contributed by atoms with Crippen LogP contribution in [0.5, 0.6) is 0 Å². The van der Waals surface area contributed by atoms with Gasteiger partial charge in [0, 0.05) is 49.8 Å². The fourth-order valence-corrected chi connectivity index (χ4v) is 8.05. The molecule has 0 bridgehead atoms.